The van der Waals surface area contributed by atoms with Crippen molar-refractivity contribution in [3.05, 3.63) is 18.2 Å². The van der Waals surface area contributed by atoms with Crippen molar-refractivity contribution in [2.75, 3.05) is 13.1 Å². The molecule has 1 saturated carbocycles. The van der Waals surface area contributed by atoms with E-state index < -0.39 is 0 Å². The molecule has 1 aliphatic carbocycles. The molecule has 2 heterocycles. The van der Waals surface area contributed by atoms with E-state index in [9.17, 15) is 0 Å². The summed E-state index contributed by atoms with van der Waals surface area (Å²) in [5.74, 6) is 0.688. The van der Waals surface area contributed by atoms with Crippen LogP contribution in [0.5, 0.6) is 0 Å². The summed E-state index contributed by atoms with van der Waals surface area (Å²) in [5, 5.41) is 3.51. The van der Waals surface area contributed by atoms with Gasteiger partial charge >= 0.3 is 0 Å². The Bertz CT molecular complexity index is 314. The number of imidazole rings is 1. The number of piperidine rings is 1. The van der Waals surface area contributed by atoms with Crippen LogP contribution in [0.25, 0.3) is 0 Å². The highest BCUT2D eigenvalue weighted by Crippen LogP contribution is 2.32. The molecule has 2 aliphatic rings. The first kappa shape index (κ1) is 11.3. The zero-order valence-corrected chi connectivity index (χ0v) is 10.6. The van der Waals surface area contributed by atoms with Crippen LogP contribution < -0.4 is 5.32 Å². The zero-order chi connectivity index (χ0) is 11.5. The minimum absolute atomic E-state index is 0.688. The van der Waals surface area contributed by atoms with E-state index in [4.69, 9.17) is 0 Å². The van der Waals surface area contributed by atoms with Crippen molar-refractivity contribution in [1.29, 1.82) is 0 Å². The van der Waals surface area contributed by atoms with Gasteiger partial charge in [0.15, 0.2) is 0 Å². The summed E-state index contributed by atoms with van der Waals surface area (Å²) < 4.78 is 2.48. The normalized spacial score (nSPS) is 27.2. The lowest BCUT2D eigenvalue weighted by atomic mass is 9.92. The molecule has 17 heavy (non-hydrogen) atoms. The molecule has 3 nitrogen and oxygen atoms in total. The fourth-order valence-corrected chi connectivity index (χ4v) is 3.40. The number of rotatable bonds is 2. The Morgan fingerprint density at radius 2 is 2.00 bits per heavy atom. The molecule has 3 rings (SSSR count). The fraction of sp³-hybridized carbons (Fsp3) is 0.786. The Balaban J connectivity index is 1.77. The zero-order valence-electron chi connectivity index (χ0n) is 10.6. The summed E-state index contributed by atoms with van der Waals surface area (Å²) in [6, 6.07) is 0.725. The summed E-state index contributed by atoms with van der Waals surface area (Å²) in [6.45, 7) is 2.33. The molecule has 1 atom stereocenters. The standard InChI is InChI=1S/C14H23N3/c1-2-6-13(7-3-1)17-11-16-10-14(17)12-5-4-8-15-9-12/h10-13,15H,1-9H2. The van der Waals surface area contributed by atoms with E-state index in [0.717, 1.165) is 12.6 Å². The predicted molar refractivity (Wildman–Crippen MR) is 69.2 cm³/mol. The van der Waals surface area contributed by atoms with E-state index in [-0.39, 0.29) is 0 Å². The smallest absolute Gasteiger partial charge is 0.0950 e. The number of nitrogens with zero attached hydrogens (tertiary/aromatic N) is 2. The van der Waals surface area contributed by atoms with Crippen molar-refractivity contribution in [1.82, 2.24) is 14.9 Å². The Morgan fingerprint density at radius 1 is 1.12 bits per heavy atom. The van der Waals surface area contributed by atoms with Gasteiger partial charge in [0.05, 0.1) is 6.33 Å². The molecule has 1 aliphatic heterocycles. The van der Waals surface area contributed by atoms with Gasteiger partial charge in [0, 0.05) is 30.4 Å². The van der Waals surface area contributed by atoms with Crippen molar-refractivity contribution in [3.8, 4) is 0 Å². The first-order valence-corrected chi connectivity index (χ1v) is 7.17. The lowest BCUT2D eigenvalue weighted by molar-refractivity contribution is 0.334. The summed E-state index contributed by atoms with van der Waals surface area (Å²) >= 11 is 0. The topological polar surface area (TPSA) is 29.9 Å². The lowest BCUT2D eigenvalue weighted by Gasteiger charge is -2.29. The number of nitrogens with one attached hydrogen (secondary N) is 1. The largest absolute Gasteiger partial charge is 0.331 e. The minimum atomic E-state index is 0.688. The fourth-order valence-electron chi connectivity index (χ4n) is 3.40. The highest BCUT2D eigenvalue weighted by molar-refractivity contribution is 5.09. The summed E-state index contributed by atoms with van der Waals surface area (Å²) in [6.07, 6.45) is 13.7. The molecule has 0 aromatic carbocycles. The van der Waals surface area contributed by atoms with Gasteiger partial charge in [-0.05, 0) is 32.2 Å². The molecule has 2 fully saturated rings. The highest BCUT2D eigenvalue weighted by Gasteiger charge is 2.23. The molecule has 1 N–H and O–H groups in total. The van der Waals surface area contributed by atoms with Crippen molar-refractivity contribution < 1.29 is 0 Å². The Labute approximate surface area is 104 Å². The Hall–Kier alpha value is -0.830. The number of hydrogen-bond donors (Lipinski definition) is 1. The summed E-state index contributed by atoms with van der Waals surface area (Å²) in [7, 11) is 0. The van der Waals surface area contributed by atoms with E-state index in [1.54, 1.807) is 0 Å². The van der Waals surface area contributed by atoms with Gasteiger partial charge in [-0.25, -0.2) is 4.98 Å². The second-order valence-corrected chi connectivity index (χ2v) is 5.56. The van der Waals surface area contributed by atoms with Gasteiger partial charge in [-0.2, -0.15) is 0 Å². The van der Waals surface area contributed by atoms with Crippen molar-refractivity contribution in [2.45, 2.75) is 56.9 Å². The summed E-state index contributed by atoms with van der Waals surface area (Å²) in [5.41, 5.74) is 1.48. The minimum Gasteiger partial charge on any atom is -0.331 e. The number of aromatic nitrogens is 2. The van der Waals surface area contributed by atoms with E-state index in [1.165, 1.54) is 57.2 Å². The molecule has 1 aromatic rings. The molecule has 0 amide bonds. The second kappa shape index (κ2) is 5.21. The van der Waals surface area contributed by atoms with Crippen molar-refractivity contribution in [3.63, 3.8) is 0 Å². The van der Waals surface area contributed by atoms with Crippen LogP contribution in [-0.2, 0) is 0 Å². The maximum Gasteiger partial charge on any atom is 0.0950 e. The van der Waals surface area contributed by atoms with Crippen molar-refractivity contribution in [2.24, 2.45) is 0 Å². The highest BCUT2D eigenvalue weighted by atomic mass is 15.1. The Kier molecular flexibility index (Phi) is 3.46. The number of hydrogen-bond acceptors (Lipinski definition) is 2. The quantitative estimate of drug-likeness (QED) is 0.851. The molecule has 1 aromatic heterocycles. The van der Waals surface area contributed by atoms with Gasteiger partial charge in [-0.15, -0.1) is 0 Å². The lowest BCUT2D eigenvalue weighted by Crippen LogP contribution is -2.30. The van der Waals surface area contributed by atoms with Gasteiger partial charge < -0.3 is 9.88 Å². The van der Waals surface area contributed by atoms with Gasteiger partial charge in [0.1, 0.15) is 0 Å². The molecular weight excluding hydrogens is 210 g/mol. The van der Waals surface area contributed by atoms with Crippen molar-refractivity contribution >= 4 is 0 Å². The average Bonchev–Trinajstić information content (AvgIpc) is 2.90. The van der Waals surface area contributed by atoms with Crippen LogP contribution in [-0.4, -0.2) is 22.6 Å². The molecule has 3 heteroatoms. The maximum atomic E-state index is 4.41. The third kappa shape index (κ3) is 2.39. The van der Waals surface area contributed by atoms with Gasteiger partial charge in [-0.3, -0.25) is 0 Å². The molecule has 94 valence electrons. The van der Waals surface area contributed by atoms with Crippen LogP contribution >= 0.6 is 0 Å². The van der Waals surface area contributed by atoms with E-state index >= 15 is 0 Å². The molecule has 1 unspecified atom stereocenters. The van der Waals surface area contributed by atoms with E-state index in [0.29, 0.717) is 5.92 Å². The summed E-state index contributed by atoms with van der Waals surface area (Å²) in [4.78, 5) is 4.41. The molecule has 0 radical (unpaired) electrons. The molecule has 1 saturated heterocycles. The first-order chi connectivity index (χ1) is 8.45. The molecule has 0 bridgehead atoms. The average molecular weight is 233 g/mol. The van der Waals surface area contributed by atoms with Gasteiger partial charge in [0.2, 0.25) is 0 Å². The first-order valence-electron chi connectivity index (χ1n) is 7.17. The third-order valence-corrected chi connectivity index (χ3v) is 4.38. The van der Waals surface area contributed by atoms with Gasteiger partial charge in [0.25, 0.3) is 0 Å². The monoisotopic (exact) mass is 233 g/mol. The van der Waals surface area contributed by atoms with Crippen LogP contribution in [0, 0.1) is 0 Å². The SMILES string of the molecule is c1ncn(C2CCCCC2)c1C1CCCNC1. The molecule has 0 spiro atoms. The van der Waals surface area contributed by atoms with Crippen LogP contribution in [0.2, 0.25) is 0 Å². The van der Waals surface area contributed by atoms with Crippen LogP contribution in [0.15, 0.2) is 12.5 Å². The van der Waals surface area contributed by atoms with E-state index in [2.05, 4.69) is 27.4 Å². The molecular formula is C14H23N3. The maximum absolute atomic E-state index is 4.41. The predicted octanol–water partition coefficient (Wildman–Crippen LogP) is 2.86. The Morgan fingerprint density at radius 3 is 2.76 bits per heavy atom. The van der Waals surface area contributed by atoms with Crippen LogP contribution in [0.3, 0.4) is 0 Å². The second-order valence-electron chi connectivity index (χ2n) is 5.56. The van der Waals surface area contributed by atoms with Gasteiger partial charge in [-0.1, -0.05) is 19.3 Å². The van der Waals surface area contributed by atoms with E-state index in [1.807, 2.05) is 0 Å². The van der Waals surface area contributed by atoms with Crippen LogP contribution in [0.1, 0.15) is 62.6 Å². The van der Waals surface area contributed by atoms with Crippen LogP contribution in [0.4, 0.5) is 0 Å². The third-order valence-electron chi connectivity index (χ3n) is 4.38.